The van der Waals surface area contributed by atoms with Crippen LogP contribution in [0.2, 0.25) is 13.3 Å². The van der Waals surface area contributed by atoms with Crippen molar-refractivity contribution in [3.05, 3.63) is 18.4 Å². The Kier molecular flexibility index (Phi) is 6.29. The van der Waals surface area contributed by atoms with Gasteiger partial charge in [0, 0.05) is 0 Å². The van der Waals surface area contributed by atoms with Crippen LogP contribution in [0.5, 0.6) is 0 Å². The molecule has 0 aliphatic heterocycles. The van der Waals surface area contributed by atoms with Gasteiger partial charge in [-0.2, -0.15) is 0 Å². The molecule has 18 heavy (non-hydrogen) atoms. The molecule has 0 aromatic carbocycles. The van der Waals surface area contributed by atoms with Crippen molar-refractivity contribution in [2.75, 3.05) is 0 Å². The zero-order valence-electron chi connectivity index (χ0n) is 13.0. The predicted molar refractivity (Wildman–Crippen MR) is 83.0 cm³/mol. The van der Waals surface area contributed by atoms with E-state index in [1.807, 2.05) is 6.26 Å². The van der Waals surface area contributed by atoms with Crippen LogP contribution in [-0.2, 0) is 0 Å². The molecule has 0 bridgehead atoms. The molecule has 1 heterocycles. The van der Waals surface area contributed by atoms with Gasteiger partial charge in [0.15, 0.2) is 0 Å². The van der Waals surface area contributed by atoms with E-state index in [2.05, 4.69) is 53.7 Å². The van der Waals surface area contributed by atoms with Crippen molar-refractivity contribution in [1.82, 2.24) is 0 Å². The van der Waals surface area contributed by atoms with Gasteiger partial charge in [-0.15, -0.1) is 0 Å². The molecule has 1 rings (SSSR count). The third kappa shape index (κ3) is 4.64. The topological polar surface area (TPSA) is 13.1 Å². The molecule has 0 saturated carbocycles. The molecule has 0 unspecified atom stereocenters. The molecule has 104 valence electrons. The molecule has 0 aliphatic rings. The summed E-state index contributed by atoms with van der Waals surface area (Å²) >= 11 is -2.34. The van der Waals surface area contributed by atoms with Gasteiger partial charge >= 0.3 is 118 Å². The van der Waals surface area contributed by atoms with Gasteiger partial charge in [0.2, 0.25) is 0 Å². The zero-order valence-corrected chi connectivity index (χ0v) is 15.8. The summed E-state index contributed by atoms with van der Waals surface area (Å²) in [5.41, 5.74) is 0. The Morgan fingerprint density at radius 1 is 0.889 bits per heavy atom. The summed E-state index contributed by atoms with van der Waals surface area (Å²) in [6.45, 7) is 14.2. The Morgan fingerprint density at radius 2 is 1.33 bits per heavy atom. The van der Waals surface area contributed by atoms with Gasteiger partial charge in [0.1, 0.15) is 0 Å². The van der Waals surface area contributed by atoms with Gasteiger partial charge in [-0.25, -0.2) is 0 Å². The molecule has 0 saturated heterocycles. The molecular weight excluding hydrogens is 327 g/mol. The fourth-order valence-electron chi connectivity index (χ4n) is 3.48. The maximum atomic E-state index is 5.90. The molecule has 1 aromatic heterocycles. The van der Waals surface area contributed by atoms with E-state index in [0.717, 1.165) is 17.8 Å². The molecule has 2 heteroatoms. The van der Waals surface area contributed by atoms with Crippen LogP contribution >= 0.6 is 0 Å². The molecule has 0 N–H and O–H groups in total. The second-order valence-corrected chi connectivity index (χ2v) is 19.3. The van der Waals surface area contributed by atoms with Crippen molar-refractivity contribution in [3.63, 3.8) is 0 Å². The third-order valence-electron chi connectivity index (χ3n) is 3.44. The molecule has 0 aliphatic carbocycles. The minimum atomic E-state index is -2.34. The SMILES string of the molecule is CC(C)[CH2][Sn]([CH2]C(C)C)([CH2]C(C)C)[c]1ccco1. The Balaban J connectivity index is 3.07. The van der Waals surface area contributed by atoms with E-state index in [0.29, 0.717) is 0 Å². The number of hydrogen-bond acceptors (Lipinski definition) is 1. The zero-order chi connectivity index (χ0) is 13.8. The standard InChI is InChI=1S/C4H3O.3C4H9.Sn/c1-2-4-5-3-1;3*1-4(2)3;/h1-3H;3*4H,1H2,2-3H3;. The quantitative estimate of drug-likeness (QED) is 0.633. The number of hydrogen-bond donors (Lipinski definition) is 0. The summed E-state index contributed by atoms with van der Waals surface area (Å²) in [6, 6.07) is 4.35. The molecule has 1 nitrogen and oxygen atoms in total. The van der Waals surface area contributed by atoms with Crippen molar-refractivity contribution < 1.29 is 4.42 Å². The first-order chi connectivity index (χ1) is 8.35. The van der Waals surface area contributed by atoms with Crippen molar-refractivity contribution in [1.29, 1.82) is 0 Å². The summed E-state index contributed by atoms with van der Waals surface area (Å²) in [5, 5.41) is 0. The number of furan rings is 1. The predicted octanol–water partition coefficient (Wildman–Crippen LogP) is 4.90. The second-order valence-electron chi connectivity index (χ2n) is 7.05. The average Bonchev–Trinajstić information content (AvgIpc) is 2.65. The summed E-state index contributed by atoms with van der Waals surface area (Å²) < 4.78 is 11.6. The van der Waals surface area contributed by atoms with E-state index in [4.69, 9.17) is 4.42 Å². The molecular formula is C16H30OSn. The molecule has 0 amide bonds. The fourth-order valence-corrected chi connectivity index (χ4v) is 22.2. The Morgan fingerprint density at radius 3 is 1.61 bits per heavy atom. The van der Waals surface area contributed by atoms with Crippen LogP contribution in [-0.4, -0.2) is 18.4 Å². The fraction of sp³-hybridized carbons (Fsp3) is 0.750. The second kappa shape index (κ2) is 7.02. The van der Waals surface area contributed by atoms with Crippen LogP contribution < -0.4 is 3.78 Å². The molecule has 0 atom stereocenters. The van der Waals surface area contributed by atoms with Gasteiger partial charge in [0.25, 0.3) is 0 Å². The molecule has 0 fully saturated rings. The summed E-state index contributed by atoms with van der Waals surface area (Å²) in [4.78, 5) is 0. The minimum absolute atomic E-state index is 0.795. The van der Waals surface area contributed by atoms with Crippen LogP contribution in [0.3, 0.4) is 0 Å². The van der Waals surface area contributed by atoms with Crippen molar-refractivity contribution in [2.45, 2.75) is 54.9 Å². The Hall–Kier alpha value is 0.0787. The van der Waals surface area contributed by atoms with Gasteiger partial charge in [-0.1, -0.05) is 0 Å². The van der Waals surface area contributed by atoms with Crippen LogP contribution in [0.1, 0.15) is 41.5 Å². The van der Waals surface area contributed by atoms with Crippen molar-refractivity contribution in [3.8, 4) is 0 Å². The van der Waals surface area contributed by atoms with Gasteiger partial charge in [-0.05, 0) is 0 Å². The van der Waals surface area contributed by atoms with Crippen LogP contribution in [0, 0.1) is 17.8 Å². The maximum absolute atomic E-state index is 5.90. The van der Waals surface area contributed by atoms with Crippen molar-refractivity contribution in [2.24, 2.45) is 17.8 Å². The number of rotatable bonds is 7. The normalized spacial score (nSPS) is 12.9. The summed E-state index contributed by atoms with van der Waals surface area (Å²) in [7, 11) is 0. The molecule has 1 aromatic rings. The van der Waals surface area contributed by atoms with Crippen LogP contribution in [0.25, 0.3) is 0 Å². The Bertz CT molecular complexity index is 298. The average molecular weight is 357 g/mol. The molecule has 0 spiro atoms. The Labute approximate surface area is 117 Å². The third-order valence-corrected chi connectivity index (χ3v) is 20.9. The van der Waals surface area contributed by atoms with E-state index in [1.54, 1.807) is 0 Å². The van der Waals surface area contributed by atoms with Gasteiger partial charge in [0.05, 0.1) is 0 Å². The first kappa shape index (κ1) is 16.1. The van der Waals surface area contributed by atoms with Crippen LogP contribution in [0.15, 0.2) is 22.8 Å². The van der Waals surface area contributed by atoms with E-state index in [1.165, 1.54) is 17.1 Å². The summed E-state index contributed by atoms with van der Waals surface area (Å²) in [5.74, 6) is 2.38. The van der Waals surface area contributed by atoms with Crippen LogP contribution in [0.4, 0.5) is 0 Å². The van der Waals surface area contributed by atoms with E-state index in [9.17, 15) is 0 Å². The first-order valence-corrected chi connectivity index (χ1v) is 14.9. The molecule has 0 radical (unpaired) electrons. The first-order valence-electron chi connectivity index (χ1n) is 7.39. The van der Waals surface area contributed by atoms with Gasteiger partial charge < -0.3 is 0 Å². The summed E-state index contributed by atoms with van der Waals surface area (Å²) in [6.07, 6.45) is 1.88. The van der Waals surface area contributed by atoms with Crippen molar-refractivity contribution >= 4 is 22.2 Å². The van der Waals surface area contributed by atoms with Gasteiger partial charge in [-0.3, -0.25) is 0 Å². The van der Waals surface area contributed by atoms with E-state index >= 15 is 0 Å². The van der Waals surface area contributed by atoms with E-state index < -0.39 is 18.4 Å². The monoisotopic (exact) mass is 358 g/mol. The van der Waals surface area contributed by atoms with E-state index in [-0.39, 0.29) is 0 Å².